The number of thiazole rings is 1. The van der Waals surface area contributed by atoms with Crippen molar-refractivity contribution < 1.29 is 9.53 Å². The number of fused-ring (bicyclic) bond motifs is 2. The average molecular weight is 279 g/mol. The van der Waals surface area contributed by atoms with Gasteiger partial charge in [0.2, 0.25) is 0 Å². The Bertz CT molecular complexity index is 831. The van der Waals surface area contributed by atoms with Crippen LogP contribution in [0.2, 0.25) is 0 Å². The van der Waals surface area contributed by atoms with Gasteiger partial charge in [0, 0.05) is 11.6 Å². The normalized spacial score (nSPS) is 15.6. The van der Waals surface area contributed by atoms with Crippen LogP contribution in [0.1, 0.15) is 20.9 Å². The highest BCUT2D eigenvalue weighted by molar-refractivity contribution is 7.19. The zero-order valence-electron chi connectivity index (χ0n) is 10.4. The minimum atomic E-state index is -0.298. The van der Waals surface area contributed by atoms with E-state index in [2.05, 4.69) is 4.98 Å². The van der Waals surface area contributed by atoms with E-state index >= 15 is 0 Å². The Kier molecular flexibility index (Phi) is 2.44. The molecule has 0 amide bonds. The number of carbonyl (C=O) groups excluding carboxylic acids is 1. The average Bonchev–Trinajstić information content (AvgIpc) is 3.01. The van der Waals surface area contributed by atoms with Gasteiger partial charge in [0.25, 0.3) is 0 Å². The Hall–Kier alpha value is -2.46. The summed E-state index contributed by atoms with van der Waals surface area (Å²) in [4.78, 5) is 16.3. The molecule has 3 nitrogen and oxygen atoms in total. The maximum absolute atomic E-state index is 11.8. The molecule has 3 aromatic rings. The third-order valence-electron chi connectivity index (χ3n) is 3.18. The third kappa shape index (κ3) is 1.73. The van der Waals surface area contributed by atoms with Crippen LogP contribution in [-0.2, 0) is 4.74 Å². The van der Waals surface area contributed by atoms with Gasteiger partial charge in [-0.1, -0.05) is 30.3 Å². The maximum Gasteiger partial charge on any atom is 0.344 e. The van der Waals surface area contributed by atoms with Crippen LogP contribution < -0.4 is 0 Å². The van der Waals surface area contributed by atoms with Crippen molar-refractivity contribution in [3.8, 4) is 0 Å². The number of nitrogens with zero attached hydrogens (tertiary/aromatic N) is 1. The molecule has 1 aromatic heterocycles. The summed E-state index contributed by atoms with van der Waals surface area (Å²) < 4.78 is 6.44. The minimum Gasteiger partial charge on any atom is -0.422 e. The number of carbonyl (C=O) groups is 1. The fraction of sp³-hybridized carbons (Fsp3) is 0. The first kappa shape index (κ1) is 11.4. The molecule has 0 radical (unpaired) electrons. The van der Waals surface area contributed by atoms with Crippen LogP contribution in [0, 0.1) is 0 Å². The van der Waals surface area contributed by atoms with E-state index in [0.717, 1.165) is 20.8 Å². The van der Waals surface area contributed by atoms with E-state index in [9.17, 15) is 4.79 Å². The molecule has 0 atom stereocenters. The molecular formula is C16H9NO2S. The van der Waals surface area contributed by atoms with Crippen molar-refractivity contribution >= 4 is 39.4 Å². The summed E-state index contributed by atoms with van der Waals surface area (Å²) in [6.07, 6.45) is 1.83. The summed E-state index contributed by atoms with van der Waals surface area (Å²) in [5.74, 6) is 0.276. The van der Waals surface area contributed by atoms with Crippen molar-refractivity contribution in [3.63, 3.8) is 0 Å². The van der Waals surface area contributed by atoms with Gasteiger partial charge in [0.1, 0.15) is 10.8 Å². The number of aromatic nitrogens is 1. The number of benzene rings is 2. The van der Waals surface area contributed by atoms with E-state index in [1.165, 1.54) is 0 Å². The van der Waals surface area contributed by atoms with Gasteiger partial charge in [0.15, 0.2) is 0 Å². The summed E-state index contributed by atoms with van der Waals surface area (Å²) >= 11 is 1.58. The number of para-hydroxylation sites is 1. The van der Waals surface area contributed by atoms with Gasteiger partial charge < -0.3 is 4.74 Å². The fourth-order valence-electron chi connectivity index (χ4n) is 2.26. The highest BCUT2D eigenvalue weighted by Crippen LogP contribution is 2.32. The Morgan fingerprint density at radius 2 is 1.75 bits per heavy atom. The summed E-state index contributed by atoms with van der Waals surface area (Å²) in [5.41, 5.74) is 2.40. The highest BCUT2D eigenvalue weighted by atomic mass is 32.1. The lowest BCUT2D eigenvalue weighted by atomic mass is 10.1. The van der Waals surface area contributed by atoms with E-state index < -0.39 is 0 Å². The Morgan fingerprint density at radius 3 is 2.60 bits per heavy atom. The van der Waals surface area contributed by atoms with Crippen LogP contribution in [0.3, 0.4) is 0 Å². The molecule has 4 rings (SSSR count). The Morgan fingerprint density at radius 1 is 1.00 bits per heavy atom. The van der Waals surface area contributed by atoms with Crippen molar-refractivity contribution in [3.05, 3.63) is 64.7 Å². The smallest absolute Gasteiger partial charge is 0.344 e. The predicted octanol–water partition coefficient (Wildman–Crippen LogP) is 3.96. The van der Waals surface area contributed by atoms with Gasteiger partial charge in [-0.15, -0.1) is 11.3 Å². The molecule has 1 aliphatic heterocycles. The first-order valence-corrected chi connectivity index (χ1v) is 7.02. The van der Waals surface area contributed by atoms with E-state index in [-0.39, 0.29) is 5.97 Å². The van der Waals surface area contributed by atoms with Gasteiger partial charge in [0.05, 0.1) is 15.8 Å². The zero-order chi connectivity index (χ0) is 13.5. The van der Waals surface area contributed by atoms with Crippen molar-refractivity contribution in [1.29, 1.82) is 0 Å². The molecule has 2 heterocycles. The molecule has 2 aromatic carbocycles. The quantitative estimate of drug-likeness (QED) is 0.633. The number of cyclic esters (lactones) is 1. The molecule has 1 aliphatic rings. The van der Waals surface area contributed by atoms with Gasteiger partial charge in [-0.25, -0.2) is 9.78 Å². The topological polar surface area (TPSA) is 39.2 Å². The molecule has 20 heavy (non-hydrogen) atoms. The van der Waals surface area contributed by atoms with Crippen molar-refractivity contribution in [2.24, 2.45) is 0 Å². The number of ether oxygens (including phenoxy) is 1. The van der Waals surface area contributed by atoms with Gasteiger partial charge in [-0.3, -0.25) is 0 Å². The molecule has 0 unspecified atom stereocenters. The standard InChI is InChI=1S/C16H9NO2S/c18-16-11-6-2-1-5-10(11)13(19-16)9-15-17-12-7-3-4-8-14(12)20-15/h1-9H/b13-9-. The lowest BCUT2D eigenvalue weighted by Gasteiger charge is -1.95. The molecule has 0 saturated heterocycles. The lowest BCUT2D eigenvalue weighted by molar-refractivity contribution is 0.0717. The van der Waals surface area contributed by atoms with Crippen LogP contribution in [0.4, 0.5) is 0 Å². The SMILES string of the molecule is O=C1O/C(=C\c2nc3ccccc3s2)c2ccccc21. The number of hydrogen-bond donors (Lipinski definition) is 0. The van der Waals surface area contributed by atoms with Gasteiger partial charge >= 0.3 is 5.97 Å². The fourth-order valence-corrected chi connectivity index (χ4v) is 3.16. The predicted molar refractivity (Wildman–Crippen MR) is 79.3 cm³/mol. The summed E-state index contributed by atoms with van der Waals surface area (Å²) in [7, 11) is 0. The van der Waals surface area contributed by atoms with E-state index in [4.69, 9.17) is 4.74 Å². The van der Waals surface area contributed by atoms with Crippen LogP contribution in [0.15, 0.2) is 48.5 Å². The van der Waals surface area contributed by atoms with Crippen molar-refractivity contribution in [2.75, 3.05) is 0 Å². The molecule has 96 valence electrons. The summed E-state index contributed by atoms with van der Waals surface area (Å²) in [6, 6.07) is 15.3. The minimum absolute atomic E-state index is 0.298. The largest absolute Gasteiger partial charge is 0.422 e. The van der Waals surface area contributed by atoms with E-state index in [1.54, 1.807) is 17.4 Å². The van der Waals surface area contributed by atoms with E-state index in [1.807, 2.05) is 48.5 Å². The number of esters is 1. The molecule has 0 fully saturated rings. The molecule has 0 spiro atoms. The number of hydrogen-bond acceptors (Lipinski definition) is 4. The summed E-state index contributed by atoms with van der Waals surface area (Å²) in [5, 5.41) is 0.839. The molecule has 0 saturated carbocycles. The second-order valence-corrected chi connectivity index (χ2v) is 5.53. The monoisotopic (exact) mass is 279 g/mol. The first-order valence-electron chi connectivity index (χ1n) is 6.20. The zero-order valence-corrected chi connectivity index (χ0v) is 11.2. The molecular weight excluding hydrogens is 270 g/mol. The van der Waals surface area contributed by atoms with E-state index in [0.29, 0.717) is 11.3 Å². The second-order valence-electron chi connectivity index (χ2n) is 4.46. The Balaban J connectivity index is 1.83. The molecule has 4 heteroatoms. The van der Waals surface area contributed by atoms with Gasteiger partial charge in [-0.2, -0.15) is 0 Å². The Labute approximate surface area is 119 Å². The number of rotatable bonds is 1. The van der Waals surface area contributed by atoms with Crippen LogP contribution in [0.25, 0.3) is 22.1 Å². The second kappa shape index (κ2) is 4.28. The summed E-state index contributed by atoms with van der Waals surface area (Å²) in [6.45, 7) is 0. The van der Waals surface area contributed by atoms with Crippen molar-refractivity contribution in [1.82, 2.24) is 4.98 Å². The molecule has 0 bridgehead atoms. The van der Waals surface area contributed by atoms with Crippen LogP contribution in [-0.4, -0.2) is 11.0 Å². The third-order valence-corrected chi connectivity index (χ3v) is 4.16. The molecule has 0 N–H and O–H groups in total. The van der Waals surface area contributed by atoms with Crippen LogP contribution >= 0.6 is 11.3 Å². The van der Waals surface area contributed by atoms with Crippen molar-refractivity contribution in [2.45, 2.75) is 0 Å². The van der Waals surface area contributed by atoms with Crippen LogP contribution in [0.5, 0.6) is 0 Å². The lowest BCUT2D eigenvalue weighted by Crippen LogP contribution is -1.92. The maximum atomic E-state index is 11.8. The first-order chi connectivity index (χ1) is 9.81. The highest BCUT2D eigenvalue weighted by Gasteiger charge is 2.25. The van der Waals surface area contributed by atoms with Gasteiger partial charge in [-0.05, 0) is 18.2 Å². The molecule has 0 aliphatic carbocycles.